The van der Waals surface area contributed by atoms with Gasteiger partial charge in [0.1, 0.15) is 17.5 Å². The molecule has 0 spiro atoms. The molecular weight excluding hydrogens is 553 g/mol. The van der Waals surface area contributed by atoms with Crippen molar-refractivity contribution in [3.8, 4) is 11.3 Å². The van der Waals surface area contributed by atoms with Gasteiger partial charge >= 0.3 is 6.18 Å². The Labute approximate surface area is 247 Å². The van der Waals surface area contributed by atoms with E-state index in [1.165, 1.54) is 5.56 Å². The minimum atomic E-state index is -4.46. The molecule has 1 aliphatic heterocycles. The molecule has 4 aromatic rings. The number of alkyl halides is 3. The Morgan fingerprint density at radius 2 is 1.77 bits per heavy atom. The van der Waals surface area contributed by atoms with Gasteiger partial charge in [0, 0.05) is 42.7 Å². The van der Waals surface area contributed by atoms with Crippen LogP contribution in [0.1, 0.15) is 58.3 Å². The van der Waals surface area contributed by atoms with Gasteiger partial charge in [-0.3, -0.25) is 4.79 Å². The summed E-state index contributed by atoms with van der Waals surface area (Å²) in [5, 5.41) is 6.36. The molecule has 1 amide bonds. The van der Waals surface area contributed by atoms with Crippen LogP contribution in [0.3, 0.4) is 0 Å². The van der Waals surface area contributed by atoms with E-state index in [-0.39, 0.29) is 17.8 Å². The number of fused-ring (bicyclic) bond motifs is 1. The molecule has 220 valence electrons. The molecule has 10 heteroatoms. The average molecular weight is 585 g/mol. The predicted octanol–water partition coefficient (Wildman–Crippen LogP) is 7.46. The number of rotatable bonds is 6. The number of nitrogens with zero attached hydrogens (tertiary/aromatic N) is 4. The Morgan fingerprint density at radius 1 is 0.953 bits per heavy atom. The minimum Gasteiger partial charge on any atom is -0.367 e. The van der Waals surface area contributed by atoms with E-state index in [4.69, 9.17) is 0 Å². The van der Waals surface area contributed by atoms with Crippen molar-refractivity contribution < 1.29 is 18.0 Å². The van der Waals surface area contributed by atoms with Crippen LogP contribution in [-0.4, -0.2) is 44.9 Å². The number of benzene rings is 1. The number of aryl methyl sites for hydroxylation is 1. The number of aromatic nitrogens is 3. The van der Waals surface area contributed by atoms with E-state index in [0.717, 1.165) is 59.2 Å². The van der Waals surface area contributed by atoms with Gasteiger partial charge < -0.3 is 15.5 Å². The molecule has 43 heavy (non-hydrogen) atoms. The van der Waals surface area contributed by atoms with Gasteiger partial charge in [-0.25, -0.2) is 15.0 Å². The number of hydrogen-bond acceptors (Lipinski definition) is 6. The van der Waals surface area contributed by atoms with Gasteiger partial charge in [-0.15, -0.1) is 0 Å². The van der Waals surface area contributed by atoms with Crippen LogP contribution in [0.25, 0.3) is 17.3 Å². The van der Waals surface area contributed by atoms with E-state index in [1.807, 2.05) is 42.2 Å². The number of halogens is 3. The molecule has 3 aromatic heterocycles. The fourth-order valence-electron chi connectivity index (χ4n) is 5.55. The summed E-state index contributed by atoms with van der Waals surface area (Å²) in [7, 11) is 0. The molecule has 2 aliphatic rings. The van der Waals surface area contributed by atoms with E-state index in [9.17, 15) is 18.0 Å². The zero-order valence-electron chi connectivity index (χ0n) is 23.8. The summed E-state index contributed by atoms with van der Waals surface area (Å²) in [6.07, 6.45) is 4.26. The summed E-state index contributed by atoms with van der Waals surface area (Å²) < 4.78 is 39.3. The number of hydrogen-bond donors (Lipinski definition) is 2. The molecular formula is C33H31F3N6O. The first-order chi connectivity index (χ1) is 20.6. The van der Waals surface area contributed by atoms with Crippen LogP contribution in [0.15, 0.2) is 73.1 Å². The summed E-state index contributed by atoms with van der Waals surface area (Å²) >= 11 is 0. The number of amides is 1. The smallest absolute Gasteiger partial charge is 0.367 e. The van der Waals surface area contributed by atoms with Crippen molar-refractivity contribution in [1.82, 2.24) is 19.9 Å². The maximum atomic E-state index is 13.1. The van der Waals surface area contributed by atoms with E-state index < -0.39 is 11.7 Å². The van der Waals surface area contributed by atoms with Crippen LogP contribution in [0.2, 0.25) is 0 Å². The number of allylic oxidation sites excluding steroid dienone is 1. The second kappa shape index (κ2) is 11.5. The Morgan fingerprint density at radius 3 is 2.51 bits per heavy atom. The second-order valence-electron chi connectivity index (χ2n) is 11.1. The summed E-state index contributed by atoms with van der Waals surface area (Å²) in [5.41, 5.74) is 4.63. The van der Waals surface area contributed by atoms with Crippen molar-refractivity contribution in [2.75, 3.05) is 23.7 Å². The molecule has 0 radical (unpaired) electrons. The van der Waals surface area contributed by atoms with Gasteiger partial charge in [-0.1, -0.05) is 25.1 Å². The number of likely N-dealkylation sites (tertiary alicyclic amines) is 1. The summed E-state index contributed by atoms with van der Waals surface area (Å²) in [6.45, 7) is 5.38. The lowest BCUT2D eigenvalue weighted by molar-refractivity contribution is -0.137. The quantitative estimate of drug-likeness (QED) is 0.245. The fraction of sp³-hybridized carbons (Fsp3) is 0.273. The standard InChI is InChI=1S/C33H31F3N6O/c1-20-15-28(40-31(16-20)41-30-18-25(9-12-37-30)33(34,35)36)24-6-8-29(38-19-24)39-26-10-13-42(14-11-26)32(43)23-5-7-27-21(2)3-4-22(27)17-23/h3-9,12,15-19,21,26H,10-11,13-14H2,1-2H3,(H,38,39)(H,37,40,41). The molecule has 1 saturated heterocycles. The highest BCUT2D eigenvalue weighted by Crippen LogP contribution is 2.32. The average Bonchev–Trinajstić information content (AvgIpc) is 3.37. The van der Waals surface area contributed by atoms with Gasteiger partial charge in [0.2, 0.25) is 0 Å². The summed E-state index contributed by atoms with van der Waals surface area (Å²) in [4.78, 5) is 28.2. The highest BCUT2D eigenvalue weighted by molar-refractivity contribution is 5.95. The van der Waals surface area contributed by atoms with E-state index in [1.54, 1.807) is 12.3 Å². The lowest BCUT2D eigenvalue weighted by Crippen LogP contribution is -2.42. The van der Waals surface area contributed by atoms with E-state index >= 15 is 0 Å². The summed E-state index contributed by atoms with van der Waals surface area (Å²) in [5.74, 6) is 1.63. The van der Waals surface area contributed by atoms with Crippen LogP contribution in [0, 0.1) is 6.92 Å². The van der Waals surface area contributed by atoms with Crippen LogP contribution in [0.4, 0.5) is 30.6 Å². The van der Waals surface area contributed by atoms with Crippen molar-refractivity contribution >= 4 is 29.4 Å². The van der Waals surface area contributed by atoms with Crippen LogP contribution in [-0.2, 0) is 6.18 Å². The van der Waals surface area contributed by atoms with E-state index in [0.29, 0.717) is 30.5 Å². The molecule has 0 saturated carbocycles. The van der Waals surface area contributed by atoms with Crippen LogP contribution < -0.4 is 10.6 Å². The summed E-state index contributed by atoms with van der Waals surface area (Å²) in [6, 6.07) is 15.5. The van der Waals surface area contributed by atoms with E-state index in [2.05, 4.69) is 50.7 Å². The third-order valence-electron chi connectivity index (χ3n) is 7.90. The highest BCUT2D eigenvalue weighted by atomic mass is 19.4. The lowest BCUT2D eigenvalue weighted by atomic mass is 9.99. The third-order valence-corrected chi connectivity index (χ3v) is 7.90. The molecule has 1 aromatic carbocycles. The van der Waals surface area contributed by atoms with Crippen molar-refractivity contribution in [3.05, 3.63) is 101 Å². The van der Waals surface area contributed by atoms with Crippen molar-refractivity contribution in [1.29, 1.82) is 0 Å². The first-order valence-electron chi connectivity index (χ1n) is 14.3. The maximum Gasteiger partial charge on any atom is 0.416 e. The Kier molecular flexibility index (Phi) is 7.60. The van der Waals surface area contributed by atoms with Gasteiger partial charge in [0.15, 0.2) is 0 Å². The van der Waals surface area contributed by atoms with Crippen LogP contribution >= 0.6 is 0 Å². The topological polar surface area (TPSA) is 83.0 Å². The van der Waals surface area contributed by atoms with Gasteiger partial charge in [-0.2, -0.15) is 13.2 Å². The van der Waals surface area contributed by atoms with Gasteiger partial charge in [0.25, 0.3) is 5.91 Å². The third kappa shape index (κ3) is 6.38. The molecule has 4 heterocycles. The first kappa shape index (κ1) is 28.4. The Hall–Kier alpha value is -4.73. The molecule has 6 rings (SSSR count). The minimum absolute atomic E-state index is 0.0587. The fourth-order valence-corrected chi connectivity index (χ4v) is 5.55. The number of carbonyl (C=O) groups is 1. The van der Waals surface area contributed by atoms with Crippen molar-refractivity contribution in [2.24, 2.45) is 0 Å². The first-order valence-corrected chi connectivity index (χ1v) is 14.3. The number of nitrogens with one attached hydrogen (secondary N) is 2. The molecule has 1 atom stereocenters. The van der Waals surface area contributed by atoms with Gasteiger partial charge in [0.05, 0.1) is 11.3 Å². The molecule has 0 bridgehead atoms. The normalized spacial score (nSPS) is 16.7. The maximum absolute atomic E-state index is 13.1. The molecule has 7 nitrogen and oxygen atoms in total. The zero-order valence-corrected chi connectivity index (χ0v) is 23.8. The molecule has 1 fully saturated rings. The second-order valence-corrected chi connectivity index (χ2v) is 11.1. The Bertz CT molecular complexity index is 1680. The van der Waals surface area contributed by atoms with Crippen LogP contribution in [0.5, 0.6) is 0 Å². The van der Waals surface area contributed by atoms with Crippen molar-refractivity contribution in [2.45, 2.75) is 44.8 Å². The SMILES string of the molecule is Cc1cc(Nc2cc(C(F)(F)F)ccn2)nc(-c2ccc(NC3CCN(C(=O)c4ccc5c(c4)C=CC5C)CC3)nc2)c1. The molecule has 1 unspecified atom stereocenters. The number of anilines is 3. The highest BCUT2D eigenvalue weighted by Gasteiger charge is 2.31. The largest absolute Gasteiger partial charge is 0.416 e. The van der Waals surface area contributed by atoms with Gasteiger partial charge in [-0.05, 0) is 90.9 Å². The molecule has 1 aliphatic carbocycles. The number of pyridine rings is 3. The van der Waals surface area contributed by atoms with Crippen molar-refractivity contribution in [3.63, 3.8) is 0 Å². The monoisotopic (exact) mass is 584 g/mol. The predicted molar refractivity (Wildman–Crippen MR) is 161 cm³/mol. The zero-order chi connectivity index (χ0) is 30.1. The lowest BCUT2D eigenvalue weighted by Gasteiger charge is -2.32. The molecule has 2 N–H and O–H groups in total. The Balaban J connectivity index is 1.06. The number of carbonyl (C=O) groups excluding carboxylic acids is 1. The number of piperidine rings is 1.